The molecule has 6 nitrogen and oxygen atoms in total. The molecule has 0 aliphatic carbocycles. The molecule has 0 saturated carbocycles. The van der Waals surface area contributed by atoms with Crippen LogP contribution in [-0.4, -0.2) is 44.3 Å². The van der Waals surface area contributed by atoms with E-state index in [2.05, 4.69) is 57.7 Å². The summed E-state index contributed by atoms with van der Waals surface area (Å²) in [4.78, 5) is 6.66. The Morgan fingerprint density at radius 3 is 2.41 bits per heavy atom. The van der Waals surface area contributed by atoms with Crippen LogP contribution in [0.1, 0.15) is 60.0 Å². The third-order valence-corrected chi connectivity index (χ3v) is 6.89. The minimum absolute atomic E-state index is 0.487. The summed E-state index contributed by atoms with van der Waals surface area (Å²) in [5.74, 6) is 8.48. The number of likely N-dealkylation sites (tertiary alicyclic amines) is 1. The van der Waals surface area contributed by atoms with Crippen molar-refractivity contribution in [3.63, 3.8) is 0 Å². The van der Waals surface area contributed by atoms with Crippen molar-refractivity contribution in [2.45, 2.75) is 38.3 Å². The van der Waals surface area contributed by atoms with Crippen LogP contribution in [-0.2, 0) is 6.54 Å². The van der Waals surface area contributed by atoms with Gasteiger partial charge in [-0.25, -0.2) is 4.98 Å². The fourth-order valence-corrected chi connectivity index (χ4v) is 4.85. The Bertz CT molecular complexity index is 1380. The van der Waals surface area contributed by atoms with Crippen molar-refractivity contribution in [2.24, 2.45) is 0 Å². The number of piperidine rings is 1. The van der Waals surface area contributed by atoms with Gasteiger partial charge in [0.15, 0.2) is 5.76 Å². The van der Waals surface area contributed by atoms with Crippen molar-refractivity contribution in [3.05, 3.63) is 108 Å². The van der Waals surface area contributed by atoms with Crippen LogP contribution in [0.3, 0.4) is 0 Å². The van der Waals surface area contributed by atoms with Crippen LogP contribution in [0, 0.1) is 11.8 Å². The molecular weight excluding hydrogens is 460 g/mol. The van der Waals surface area contributed by atoms with Crippen molar-refractivity contribution in [1.29, 1.82) is 0 Å². The molecule has 1 N–H and O–H groups in total. The summed E-state index contributed by atoms with van der Waals surface area (Å²) in [6.07, 6.45) is 7.25. The molecule has 2 aromatic heterocycles. The molecule has 3 heterocycles. The lowest BCUT2D eigenvalue weighted by molar-refractivity contribution is 0.184. The molecular formula is C31H32N4O2. The largest absolute Gasteiger partial charge is 0.385 e. The van der Waals surface area contributed by atoms with E-state index in [9.17, 15) is 5.11 Å². The Morgan fingerprint density at radius 1 is 1.08 bits per heavy atom. The molecule has 37 heavy (non-hydrogen) atoms. The third-order valence-electron chi connectivity index (χ3n) is 6.89. The second-order valence-electron chi connectivity index (χ2n) is 9.58. The topological polar surface area (TPSA) is 67.3 Å². The first-order chi connectivity index (χ1) is 18.1. The Morgan fingerprint density at radius 2 is 1.76 bits per heavy atom. The zero-order valence-corrected chi connectivity index (χ0v) is 21.2. The molecule has 6 heteroatoms. The van der Waals surface area contributed by atoms with Gasteiger partial charge in [-0.1, -0.05) is 35.2 Å². The van der Waals surface area contributed by atoms with Gasteiger partial charge >= 0.3 is 0 Å². The van der Waals surface area contributed by atoms with E-state index in [0.29, 0.717) is 24.0 Å². The van der Waals surface area contributed by atoms with Crippen LogP contribution < -0.4 is 0 Å². The number of imidazole rings is 1. The molecule has 0 bridgehead atoms. The normalized spacial score (nSPS) is 15.2. The summed E-state index contributed by atoms with van der Waals surface area (Å²) in [5.41, 5.74) is 5.09. The Balaban J connectivity index is 1.19. The third kappa shape index (κ3) is 6.08. The predicted molar refractivity (Wildman–Crippen MR) is 145 cm³/mol. The quantitative estimate of drug-likeness (QED) is 0.276. The second kappa shape index (κ2) is 11.4. The number of nitrogens with zero attached hydrogens (tertiary/aromatic N) is 4. The fourth-order valence-electron chi connectivity index (χ4n) is 4.85. The molecule has 4 aromatic rings. The van der Waals surface area contributed by atoms with Gasteiger partial charge in [-0.2, -0.15) is 0 Å². The van der Waals surface area contributed by atoms with Gasteiger partial charge in [0.2, 0.25) is 0 Å². The molecule has 0 spiro atoms. The number of hydrogen-bond acceptors (Lipinski definition) is 5. The van der Waals surface area contributed by atoms with Gasteiger partial charge in [-0.15, -0.1) is 6.58 Å². The highest BCUT2D eigenvalue weighted by Crippen LogP contribution is 2.28. The first-order valence-electron chi connectivity index (χ1n) is 12.8. The first kappa shape index (κ1) is 24.8. The second-order valence-corrected chi connectivity index (χ2v) is 9.58. The standard InChI is InChI=1S/C31H32N4O2/c1-3-17-34-18-14-27(15-19-34)26-10-6-24(7-11-26)4-5-25-8-12-28(13-9-25)30-21-29(33-37-30)22-35-20-16-32-31(35)23(2)36/h3,6-13,16,20-21,23,27,36H,1,14-15,17-19,22H2,2H3. The van der Waals surface area contributed by atoms with E-state index in [4.69, 9.17) is 4.52 Å². The molecule has 2 aromatic carbocycles. The van der Waals surface area contributed by atoms with Crippen LogP contribution >= 0.6 is 0 Å². The summed E-state index contributed by atoms with van der Waals surface area (Å²) in [5, 5.41) is 14.0. The molecule has 1 saturated heterocycles. The lowest BCUT2D eigenvalue weighted by Gasteiger charge is -2.31. The number of hydrogen-bond donors (Lipinski definition) is 1. The van der Waals surface area contributed by atoms with E-state index in [1.54, 1.807) is 13.1 Å². The summed E-state index contributed by atoms with van der Waals surface area (Å²) in [7, 11) is 0. The predicted octanol–water partition coefficient (Wildman–Crippen LogP) is 5.40. The molecule has 1 aliphatic heterocycles. The van der Waals surface area contributed by atoms with Gasteiger partial charge in [0.25, 0.3) is 0 Å². The van der Waals surface area contributed by atoms with E-state index >= 15 is 0 Å². The number of rotatable bonds is 7. The van der Waals surface area contributed by atoms with Gasteiger partial charge in [-0.05, 0) is 80.7 Å². The van der Waals surface area contributed by atoms with Crippen molar-refractivity contribution < 1.29 is 9.63 Å². The number of aliphatic hydroxyl groups is 1. The van der Waals surface area contributed by atoms with Crippen LogP contribution in [0.5, 0.6) is 0 Å². The lowest BCUT2D eigenvalue weighted by atomic mass is 9.89. The van der Waals surface area contributed by atoms with Crippen molar-refractivity contribution in [3.8, 4) is 23.2 Å². The van der Waals surface area contributed by atoms with Gasteiger partial charge < -0.3 is 14.2 Å². The highest BCUT2D eigenvalue weighted by molar-refractivity contribution is 5.59. The van der Waals surface area contributed by atoms with E-state index in [1.165, 1.54) is 18.4 Å². The maximum atomic E-state index is 9.84. The van der Waals surface area contributed by atoms with Gasteiger partial charge in [0.1, 0.15) is 17.6 Å². The summed E-state index contributed by atoms with van der Waals surface area (Å²) < 4.78 is 7.42. The van der Waals surface area contributed by atoms with Gasteiger partial charge in [-0.3, -0.25) is 4.90 Å². The molecule has 1 atom stereocenters. The monoisotopic (exact) mass is 492 g/mol. The Kier molecular flexibility index (Phi) is 7.65. The number of aliphatic hydroxyl groups excluding tert-OH is 1. The fraction of sp³-hybridized carbons (Fsp3) is 0.290. The maximum Gasteiger partial charge on any atom is 0.167 e. The lowest BCUT2D eigenvalue weighted by Crippen LogP contribution is -2.32. The Labute approximate surface area is 218 Å². The zero-order valence-electron chi connectivity index (χ0n) is 21.2. The molecule has 1 unspecified atom stereocenters. The minimum Gasteiger partial charge on any atom is -0.385 e. The molecule has 1 fully saturated rings. The van der Waals surface area contributed by atoms with E-state index in [1.807, 2.05) is 47.2 Å². The smallest absolute Gasteiger partial charge is 0.167 e. The van der Waals surface area contributed by atoms with Crippen molar-refractivity contribution in [1.82, 2.24) is 19.6 Å². The average molecular weight is 493 g/mol. The Hall–Kier alpha value is -3.92. The van der Waals surface area contributed by atoms with Gasteiger partial charge in [0.05, 0.1) is 6.54 Å². The summed E-state index contributed by atoms with van der Waals surface area (Å²) in [6, 6.07) is 18.6. The first-order valence-corrected chi connectivity index (χ1v) is 12.8. The van der Waals surface area contributed by atoms with E-state index in [0.717, 1.165) is 42.0 Å². The van der Waals surface area contributed by atoms with E-state index < -0.39 is 6.10 Å². The van der Waals surface area contributed by atoms with Crippen LogP contribution in [0.2, 0.25) is 0 Å². The van der Waals surface area contributed by atoms with Crippen molar-refractivity contribution in [2.75, 3.05) is 19.6 Å². The molecule has 0 radical (unpaired) electrons. The van der Waals surface area contributed by atoms with Crippen LogP contribution in [0.25, 0.3) is 11.3 Å². The molecule has 0 amide bonds. The summed E-state index contributed by atoms with van der Waals surface area (Å²) >= 11 is 0. The highest BCUT2D eigenvalue weighted by Gasteiger charge is 2.19. The van der Waals surface area contributed by atoms with Crippen molar-refractivity contribution >= 4 is 0 Å². The number of aromatic nitrogens is 3. The maximum absolute atomic E-state index is 9.84. The SMILES string of the molecule is C=CCN1CCC(c2ccc(C#Cc3ccc(-c4cc(Cn5ccnc5C(C)O)no4)cc3)cc2)CC1. The zero-order chi connectivity index (χ0) is 25.6. The highest BCUT2D eigenvalue weighted by atomic mass is 16.5. The average Bonchev–Trinajstić information content (AvgIpc) is 3.59. The van der Waals surface area contributed by atoms with Gasteiger partial charge in [0, 0.05) is 41.7 Å². The molecule has 188 valence electrons. The number of benzene rings is 2. The minimum atomic E-state index is -0.640. The molecule has 5 rings (SSSR count). The van der Waals surface area contributed by atoms with Crippen LogP contribution in [0.15, 0.2) is 84.2 Å². The summed E-state index contributed by atoms with van der Waals surface area (Å²) in [6.45, 7) is 9.29. The molecule has 1 aliphatic rings. The van der Waals surface area contributed by atoms with Crippen LogP contribution in [0.4, 0.5) is 0 Å². The van der Waals surface area contributed by atoms with E-state index in [-0.39, 0.29) is 0 Å².